The number of aliphatic hydroxyl groups is 1. The van der Waals surface area contributed by atoms with Crippen LogP contribution < -0.4 is 5.32 Å². The molecule has 2 heterocycles. The molecular weight excluding hydrogens is 657 g/mol. The number of carbonyl (C=O) groups is 1. The molecule has 2 N–H and O–H groups in total. The van der Waals surface area contributed by atoms with Gasteiger partial charge in [-0.15, -0.1) is 5.10 Å². The second-order valence-corrected chi connectivity index (χ2v) is 11.7. The van der Waals surface area contributed by atoms with Crippen molar-refractivity contribution >= 4 is 17.7 Å². The molecule has 9 nitrogen and oxygen atoms in total. The molecule has 1 aliphatic heterocycles. The van der Waals surface area contributed by atoms with Crippen LogP contribution in [0.2, 0.25) is 0 Å². The number of nitrogens with zero attached hydrogens (tertiary/aromatic N) is 4. The Balaban J connectivity index is 1.16. The number of carbonyl (C=O) groups excluding carboxylic acids is 1. The van der Waals surface area contributed by atoms with E-state index in [1.807, 2.05) is 54.6 Å². The molecule has 1 fully saturated rings. The average molecular weight is 684 g/mol. The Kier molecular flexibility index (Phi) is 10.1. The van der Waals surface area contributed by atoms with Gasteiger partial charge < -0.3 is 19.9 Å². The summed E-state index contributed by atoms with van der Waals surface area (Å²) in [4.78, 5) is 12.4. The van der Waals surface area contributed by atoms with Crippen molar-refractivity contribution in [2.45, 2.75) is 43.2 Å². The molecule has 0 saturated carbocycles. The Morgan fingerprint density at radius 1 is 0.833 bits per heavy atom. The van der Waals surface area contributed by atoms with Crippen LogP contribution >= 0.6 is 11.8 Å². The highest BCUT2D eigenvalue weighted by Gasteiger charge is 2.33. The summed E-state index contributed by atoms with van der Waals surface area (Å²) in [6.07, 6.45) is -0.977. The van der Waals surface area contributed by atoms with Gasteiger partial charge in [0.2, 0.25) is 11.0 Å². The third kappa shape index (κ3) is 7.08. The van der Waals surface area contributed by atoms with Crippen molar-refractivity contribution in [2.75, 3.05) is 5.75 Å². The van der Waals surface area contributed by atoms with Crippen molar-refractivity contribution in [2.24, 2.45) is 0 Å². The summed E-state index contributed by atoms with van der Waals surface area (Å²) in [5.41, 5.74) is 1.99. The summed E-state index contributed by atoms with van der Waals surface area (Å²) in [5.74, 6) is -12.2. The van der Waals surface area contributed by atoms with E-state index >= 15 is 0 Å². The SMILES string of the molecule is O=C(NCc1ccc([C@@H]2O[C@H](CSc3nnnn3-c3ccccc3)C[C@H](c3ccc(CO)cc3)O2)cc1)c1c(F)c(F)c(F)c(F)c1F. The molecule has 1 aliphatic rings. The molecular formula is C33H26F5N5O4S. The van der Waals surface area contributed by atoms with E-state index in [1.165, 1.54) is 11.8 Å². The Morgan fingerprint density at radius 3 is 2.12 bits per heavy atom. The molecule has 0 aliphatic carbocycles. The Morgan fingerprint density at radius 2 is 1.46 bits per heavy atom. The predicted molar refractivity (Wildman–Crippen MR) is 162 cm³/mol. The Hall–Kier alpha value is -4.70. The first-order valence-electron chi connectivity index (χ1n) is 14.6. The van der Waals surface area contributed by atoms with E-state index in [0.717, 1.165) is 16.8 Å². The summed E-state index contributed by atoms with van der Waals surface area (Å²) >= 11 is 1.42. The smallest absolute Gasteiger partial charge is 0.257 e. The molecule has 0 unspecified atom stereocenters. The number of amides is 1. The first kappa shape index (κ1) is 33.2. The number of aromatic nitrogens is 4. The fourth-order valence-corrected chi connectivity index (χ4v) is 5.97. The number of hydrogen-bond acceptors (Lipinski definition) is 8. The fourth-order valence-electron chi connectivity index (χ4n) is 5.06. The van der Waals surface area contributed by atoms with Crippen molar-refractivity contribution in [1.82, 2.24) is 25.5 Å². The molecule has 0 bridgehead atoms. The molecule has 4 aromatic carbocycles. The number of benzene rings is 4. The maximum absolute atomic E-state index is 14.1. The van der Waals surface area contributed by atoms with E-state index in [9.17, 15) is 31.9 Å². The van der Waals surface area contributed by atoms with Gasteiger partial charge in [-0.2, -0.15) is 4.68 Å². The molecule has 3 atom stereocenters. The molecule has 248 valence electrons. The summed E-state index contributed by atoms with van der Waals surface area (Å²) in [7, 11) is 0. The number of thioether (sulfide) groups is 1. The fraction of sp³-hybridized carbons (Fsp3) is 0.212. The van der Waals surface area contributed by atoms with E-state index in [-0.39, 0.29) is 25.4 Å². The van der Waals surface area contributed by atoms with Gasteiger partial charge in [0.05, 0.1) is 24.5 Å². The van der Waals surface area contributed by atoms with Gasteiger partial charge in [-0.3, -0.25) is 4.79 Å². The highest BCUT2D eigenvalue weighted by Crippen LogP contribution is 2.39. The lowest BCUT2D eigenvalue weighted by Crippen LogP contribution is -2.31. The zero-order valence-corrected chi connectivity index (χ0v) is 25.6. The molecule has 15 heteroatoms. The van der Waals surface area contributed by atoms with E-state index in [4.69, 9.17) is 9.47 Å². The van der Waals surface area contributed by atoms with Crippen LogP contribution in [0.4, 0.5) is 22.0 Å². The van der Waals surface area contributed by atoms with Gasteiger partial charge in [-0.05, 0) is 39.2 Å². The third-order valence-corrected chi connectivity index (χ3v) is 8.65. The monoisotopic (exact) mass is 683 g/mol. The molecule has 0 radical (unpaired) electrons. The van der Waals surface area contributed by atoms with Crippen molar-refractivity contribution in [3.05, 3.63) is 136 Å². The zero-order chi connectivity index (χ0) is 33.8. The van der Waals surface area contributed by atoms with Gasteiger partial charge in [0.25, 0.3) is 5.91 Å². The Labute approximate surface area is 274 Å². The number of hydrogen-bond donors (Lipinski definition) is 2. The second-order valence-electron chi connectivity index (χ2n) is 10.7. The van der Waals surface area contributed by atoms with Crippen LogP contribution in [0.15, 0.2) is 84.0 Å². The minimum absolute atomic E-state index is 0.0959. The lowest BCUT2D eigenvalue weighted by Gasteiger charge is -2.36. The van der Waals surface area contributed by atoms with Gasteiger partial charge >= 0.3 is 0 Å². The minimum Gasteiger partial charge on any atom is -0.392 e. The summed E-state index contributed by atoms with van der Waals surface area (Å²) < 4.78 is 83.0. The maximum Gasteiger partial charge on any atom is 0.257 e. The predicted octanol–water partition coefficient (Wildman–Crippen LogP) is 6.12. The van der Waals surface area contributed by atoms with Gasteiger partial charge in [0.1, 0.15) is 5.56 Å². The quantitative estimate of drug-likeness (QED) is 0.0785. The second kappa shape index (κ2) is 14.6. The van der Waals surface area contributed by atoms with Gasteiger partial charge in [0, 0.05) is 24.3 Å². The Bertz CT molecular complexity index is 1870. The standard InChI is InChI=1S/C33H26F5N5O4S/c34-26-25(27(35)29(37)30(38)28(26)36)31(45)39-15-18-6-12-21(13-7-18)32-46-23(14-24(47-32)20-10-8-19(16-44)9-11-20)17-48-33-40-41-42-43(33)22-4-2-1-3-5-22/h1-13,23-24,32,44H,14-17H2,(H,39,45)/t23-,24+,32+/m0/s1. The maximum atomic E-state index is 14.1. The number of aliphatic hydroxyl groups excluding tert-OH is 1. The topological polar surface area (TPSA) is 111 Å². The number of halogens is 5. The third-order valence-electron chi connectivity index (χ3n) is 7.60. The lowest BCUT2D eigenvalue weighted by molar-refractivity contribution is -0.245. The van der Waals surface area contributed by atoms with Crippen LogP contribution in [-0.2, 0) is 22.6 Å². The highest BCUT2D eigenvalue weighted by atomic mass is 32.2. The molecule has 1 amide bonds. The van der Waals surface area contributed by atoms with Crippen LogP contribution in [0.25, 0.3) is 5.69 Å². The van der Waals surface area contributed by atoms with E-state index < -0.39 is 46.8 Å². The minimum atomic E-state index is -2.35. The van der Waals surface area contributed by atoms with Gasteiger partial charge in [-0.25, -0.2) is 22.0 Å². The molecule has 1 saturated heterocycles. The molecule has 6 rings (SSSR count). The summed E-state index contributed by atoms with van der Waals surface area (Å²) in [5, 5.41) is 24.3. The van der Waals surface area contributed by atoms with E-state index in [0.29, 0.717) is 28.5 Å². The van der Waals surface area contributed by atoms with Crippen LogP contribution in [-0.4, -0.2) is 43.1 Å². The average Bonchev–Trinajstić information content (AvgIpc) is 3.61. The van der Waals surface area contributed by atoms with Crippen molar-refractivity contribution in [1.29, 1.82) is 0 Å². The lowest BCUT2D eigenvalue weighted by atomic mass is 10.0. The molecule has 1 aromatic heterocycles. The highest BCUT2D eigenvalue weighted by molar-refractivity contribution is 7.99. The number of rotatable bonds is 10. The zero-order valence-electron chi connectivity index (χ0n) is 24.8. The van der Waals surface area contributed by atoms with E-state index in [1.54, 1.807) is 28.9 Å². The summed E-state index contributed by atoms with van der Waals surface area (Å²) in [6.45, 7) is -0.360. The largest absolute Gasteiger partial charge is 0.392 e. The molecule has 5 aromatic rings. The first-order chi connectivity index (χ1) is 23.2. The van der Waals surface area contributed by atoms with Crippen LogP contribution in [0.1, 0.15) is 51.4 Å². The van der Waals surface area contributed by atoms with Crippen LogP contribution in [0.3, 0.4) is 0 Å². The van der Waals surface area contributed by atoms with Crippen molar-refractivity contribution in [3.63, 3.8) is 0 Å². The molecule has 0 spiro atoms. The number of ether oxygens (including phenoxy) is 2. The van der Waals surface area contributed by atoms with Gasteiger partial charge in [-0.1, -0.05) is 78.5 Å². The first-order valence-corrected chi connectivity index (χ1v) is 15.6. The molecule has 48 heavy (non-hydrogen) atoms. The van der Waals surface area contributed by atoms with E-state index in [2.05, 4.69) is 20.8 Å². The number of tetrazole rings is 1. The van der Waals surface area contributed by atoms with Crippen molar-refractivity contribution < 1.29 is 41.3 Å². The normalized spacial score (nSPS) is 17.8. The van der Waals surface area contributed by atoms with Crippen LogP contribution in [0, 0.1) is 29.1 Å². The number of nitrogens with one attached hydrogen (secondary N) is 1. The number of para-hydroxylation sites is 1. The van der Waals surface area contributed by atoms with Gasteiger partial charge in [0.15, 0.2) is 29.6 Å². The summed E-state index contributed by atoms with van der Waals surface area (Å²) in [6, 6.07) is 23.4. The van der Waals surface area contributed by atoms with Crippen LogP contribution in [0.5, 0.6) is 0 Å². The van der Waals surface area contributed by atoms with Crippen molar-refractivity contribution in [3.8, 4) is 5.69 Å².